The van der Waals surface area contributed by atoms with Gasteiger partial charge < -0.3 is 10.7 Å². The van der Waals surface area contributed by atoms with Crippen LogP contribution in [0.15, 0.2) is 23.4 Å². The molecule has 1 aromatic rings. The fourth-order valence-electron chi connectivity index (χ4n) is 0.590. The number of aromatic amines is 1. The van der Waals surface area contributed by atoms with Gasteiger partial charge in [-0.3, -0.25) is 5.43 Å². The smallest absolute Gasteiger partial charge is 0.184 e. The first-order valence-corrected chi connectivity index (χ1v) is 3.42. The monoisotopic (exact) mass is 168 g/mol. The number of aromatic nitrogens is 1. The SMILES string of the molecule is NC(=S)N/N=C\c1ccc[nH]1. The molecule has 0 bridgehead atoms. The van der Waals surface area contributed by atoms with Gasteiger partial charge >= 0.3 is 0 Å². The first-order chi connectivity index (χ1) is 5.29. The number of thiocarbonyl (C=S) groups is 1. The van der Waals surface area contributed by atoms with E-state index in [1.807, 2.05) is 18.3 Å². The molecule has 0 unspecified atom stereocenters. The van der Waals surface area contributed by atoms with Gasteiger partial charge in [0.15, 0.2) is 5.11 Å². The number of H-pyrrole nitrogens is 1. The zero-order chi connectivity index (χ0) is 8.10. The molecule has 1 aromatic heterocycles. The van der Waals surface area contributed by atoms with Gasteiger partial charge in [0.2, 0.25) is 0 Å². The lowest BCUT2D eigenvalue weighted by Gasteiger charge is -1.91. The standard InChI is InChI=1S/C6H8N4S/c7-6(11)10-9-4-5-2-1-3-8-5/h1-4,8H,(H3,7,10,11)/b9-4-. The molecule has 58 valence electrons. The molecule has 0 amide bonds. The van der Waals surface area contributed by atoms with E-state index in [0.29, 0.717) is 0 Å². The van der Waals surface area contributed by atoms with Crippen molar-refractivity contribution >= 4 is 23.5 Å². The van der Waals surface area contributed by atoms with Crippen LogP contribution in [0.3, 0.4) is 0 Å². The molecule has 0 atom stereocenters. The summed E-state index contributed by atoms with van der Waals surface area (Å²) >= 11 is 4.53. The molecule has 0 aromatic carbocycles. The Morgan fingerprint density at radius 1 is 1.82 bits per heavy atom. The largest absolute Gasteiger partial charge is 0.375 e. The lowest BCUT2D eigenvalue weighted by Crippen LogP contribution is -2.23. The molecular formula is C6H8N4S. The van der Waals surface area contributed by atoms with Gasteiger partial charge in [0.1, 0.15) is 0 Å². The van der Waals surface area contributed by atoms with Gasteiger partial charge in [-0.15, -0.1) is 0 Å². The van der Waals surface area contributed by atoms with Gasteiger partial charge in [0.05, 0.1) is 11.9 Å². The Morgan fingerprint density at radius 3 is 3.18 bits per heavy atom. The summed E-state index contributed by atoms with van der Waals surface area (Å²) in [5.41, 5.74) is 8.47. The summed E-state index contributed by atoms with van der Waals surface area (Å²) in [4.78, 5) is 2.94. The van der Waals surface area contributed by atoms with Crippen LogP contribution in [-0.2, 0) is 0 Å². The molecule has 0 saturated heterocycles. The van der Waals surface area contributed by atoms with Crippen LogP contribution in [0.4, 0.5) is 0 Å². The lowest BCUT2D eigenvalue weighted by molar-refractivity contribution is 1.04. The number of hydrazone groups is 1. The Morgan fingerprint density at radius 2 is 2.64 bits per heavy atom. The van der Waals surface area contributed by atoms with Crippen LogP contribution >= 0.6 is 12.2 Å². The van der Waals surface area contributed by atoms with Crippen LogP contribution in [0, 0.1) is 0 Å². The second-order valence-corrected chi connectivity index (χ2v) is 2.30. The summed E-state index contributed by atoms with van der Waals surface area (Å²) in [5.74, 6) is 0. The van der Waals surface area contributed by atoms with E-state index < -0.39 is 0 Å². The maximum atomic E-state index is 5.13. The highest BCUT2D eigenvalue weighted by Crippen LogP contribution is 1.87. The third-order valence-electron chi connectivity index (χ3n) is 1.00. The van der Waals surface area contributed by atoms with Gasteiger partial charge in [-0.25, -0.2) is 0 Å². The summed E-state index contributed by atoms with van der Waals surface area (Å²) in [6.07, 6.45) is 3.40. The van der Waals surface area contributed by atoms with Gasteiger partial charge in [0.25, 0.3) is 0 Å². The average Bonchev–Trinajstić information content (AvgIpc) is 2.39. The summed E-state index contributed by atoms with van der Waals surface area (Å²) in [7, 11) is 0. The summed E-state index contributed by atoms with van der Waals surface area (Å²) in [6.45, 7) is 0. The molecule has 1 rings (SSSR count). The van der Waals surface area contributed by atoms with Crippen LogP contribution in [0.2, 0.25) is 0 Å². The predicted octanol–water partition coefficient (Wildman–Crippen LogP) is 0.182. The zero-order valence-corrected chi connectivity index (χ0v) is 6.56. The van der Waals surface area contributed by atoms with E-state index in [4.69, 9.17) is 5.73 Å². The Balaban J connectivity index is 2.43. The molecule has 0 aliphatic heterocycles. The Kier molecular flexibility index (Phi) is 2.62. The van der Waals surface area contributed by atoms with E-state index >= 15 is 0 Å². The number of nitrogens with two attached hydrogens (primary N) is 1. The molecule has 4 N–H and O–H groups in total. The van der Waals surface area contributed by atoms with Crippen LogP contribution in [0.25, 0.3) is 0 Å². The topological polar surface area (TPSA) is 66.2 Å². The number of hydrogen-bond donors (Lipinski definition) is 3. The minimum atomic E-state index is 0.160. The van der Waals surface area contributed by atoms with Crippen molar-refractivity contribution in [3.63, 3.8) is 0 Å². The highest BCUT2D eigenvalue weighted by Gasteiger charge is 1.83. The third kappa shape index (κ3) is 2.81. The van der Waals surface area contributed by atoms with Crippen molar-refractivity contribution in [3.8, 4) is 0 Å². The van der Waals surface area contributed by atoms with Gasteiger partial charge in [-0.1, -0.05) is 0 Å². The first kappa shape index (κ1) is 7.74. The fourth-order valence-corrected chi connectivity index (χ4v) is 0.643. The maximum absolute atomic E-state index is 5.13. The highest BCUT2D eigenvalue weighted by molar-refractivity contribution is 7.80. The van der Waals surface area contributed by atoms with Crippen molar-refractivity contribution in [2.24, 2.45) is 10.8 Å². The molecule has 0 aliphatic rings. The normalized spacial score (nSPS) is 10.2. The maximum Gasteiger partial charge on any atom is 0.184 e. The van der Waals surface area contributed by atoms with Crippen LogP contribution in [-0.4, -0.2) is 16.3 Å². The fraction of sp³-hybridized carbons (Fsp3) is 0. The molecule has 0 aliphatic carbocycles. The summed E-state index contributed by atoms with van der Waals surface area (Å²) in [5, 5.41) is 3.90. The number of nitrogens with one attached hydrogen (secondary N) is 2. The number of rotatable bonds is 2. The van der Waals surface area contributed by atoms with Crippen molar-refractivity contribution in [3.05, 3.63) is 24.0 Å². The summed E-state index contributed by atoms with van der Waals surface area (Å²) in [6, 6.07) is 3.76. The minimum absolute atomic E-state index is 0.160. The Labute approximate surface area is 69.5 Å². The van der Waals surface area contributed by atoms with Crippen molar-refractivity contribution in [2.75, 3.05) is 0 Å². The molecule has 0 saturated carbocycles. The zero-order valence-electron chi connectivity index (χ0n) is 5.74. The Hall–Kier alpha value is -1.36. The van der Waals surface area contributed by atoms with E-state index in [0.717, 1.165) is 5.69 Å². The Bertz CT molecular complexity index is 252. The van der Waals surface area contributed by atoms with E-state index in [9.17, 15) is 0 Å². The lowest BCUT2D eigenvalue weighted by atomic mass is 10.5. The summed E-state index contributed by atoms with van der Waals surface area (Å²) < 4.78 is 0. The van der Waals surface area contributed by atoms with Crippen molar-refractivity contribution in [1.82, 2.24) is 10.4 Å². The van der Waals surface area contributed by atoms with E-state index in [1.54, 1.807) is 6.21 Å². The van der Waals surface area contributed by atoms with Crippen molar-refractivity contribution < 1.29 is 0 Å². The minimum Gasteiger partial charge on any atom is -0.375 e. The first-order valence-electron chi connectivity index (χ1n) is 3.01. The second kappa shape index (κ2) is 3.72. The van der Waals surface area contributed by atoms with Crippen molar-refractivity contribution in [2.45, 2.75) is 0 Å². The molecular weight excluding hydrogens is 160 g/mol. The molecule has 5 heteroatoms. The number of nitrogens with zero attached hydrogens (tertiary/aromatic N) is 1. The third-order valence-corrected chi connectivity index (χ3v) is 1.09. The quantitative estimate of drug-likeness (QED) is 0.335. The molecule has 0 radical (unpaired) electrons. The van der Waals surface area contributed by atoms with Gasteiger partial charge in [0, 0.05) is 6.20 Å². The molecule has 11 heavy (non-hydrogen) atoms. The predicted molar refractivity (Wildman–Crippen MR) is 48.3 cm³/mol. The van der Waals surface area contributed by atoms with Crippen LogP contribution < -0.4 is 11.2 Å². The van der Waals surface area contributed by atoms with E-state index in [1.165, 1.54) is 0 Å². The van der Waals surface area contributed by atoms with Crippen LogP contribution in [0.1, 0.15) is 5.69 Å². The van der Waals surface area contributed by atoms with Gasteiger partial charge in [-0.05, 0) is 24.4 Å². The second-order valence-electron chi connectivity index (χ2n) is 1.86. The molecule has 0 fully saturated rings. The number of hydrogen-bond acceptors (Lipinski definition) is 2. The van der Waals surface area contributed by atoms with Crippen molar-refractivity contribution in [1.29, 1.82) is 0 Å². The van der Waals surface area contributed by atoms with E-state index in [2.05, 4.69) is 27.7 Å². The highest BCUT2D eigenvalue weighted by atomic mass is 32.1. The van der Waals surface area contributed by atoms with Gasteiger partial charge in [-0.2, -0.15) is 5.10 Å². The average molecular weight is 168 g/mol. The molecule has 1 heterocycles. The van der Waals surface area contributed by atoms with E-state index in [-0.39, 0.29) is 5.11 Å². The molecule has 0 spiro atoms. The van der Waals surface area contributed by atoms with Crippen LogP contribution in [0.5, 0.6) is 0 Å². The molecule has 4 nitrogen and oxygen atoms in total.